The van der Waals surface area contributed by atoms with Crippen molar-refractivity contribution in [3.8, 4) is 11.5 Å². The molecular formula is C22H31NO2. The summed E-state index contributed by atoms with van der Waals surface area (Å²) in [5, 5.41) is 0. The van der Waals surface area contributed by atoms with E-state index in [4.69, 9.17) is 15.2 Å². The molecule has 0 spiro atoms. The summed E-state index contributed by atoms with van der Waals surface area (Å²) in [5.74, 6) is 2.14. The molecule has 3 nitrogen and oxygen atoms in total. The molecule has 0 saturated heterocycles. The lowest BCUT2D eigenvalue weighted by Crippen LogP contribution is -2.15. The fourth-order valence-electron chi connectivity index (χ4n) is 2.94. The smallest absolute Gasteiger partial charge is 0.119 e. The second-order valence-corrected chi connectivity index (χ2v) is 6.46. The highest BCUT2D eigenvalue weighted by Gasteiger charge is 2.11. The first-order valence-electron chi connectivity index (χ1n) is 9.32. The molecule has 0 heterocycles. The summed E-state index contributed by atoms with van der Waals surface area (Å²) in [4.78, 5) is 0. The van der Waals surface area contributed by atoms with Crippen molar-refractivity contribution in [3.05, 3.63) is 59.7 Å². The third-order valence-corrected chi connectivity index (χ3v) is 4.54. The van der Waals surface area contributed by atoms with Gasteiger partial charge in [-0.25, -0.2) is 0 Å². The van der Waals surface area contributed by atoms with E-state index in [0.717, 1.165) is 30.9 Å². The number of rotatable bonds is 11. The zero-order chi connectivity index (χ0) is 17.9. The van der Waals surface area contributed by atoms with Gasteiger partial charge in [-0.2, -0.15) is 0 Å². The highest BCUT2D eigenvalue weighted by Crippen LogP contribution is 2.23. The van der Waals surface area contributed by atoms with Crippen LogP contribution >= 0.6 is 0 Å². The monoisotopic (exact) mass is 341 g/mol. The summed E-state index contributed by atoms with van der Waals surface area (Å²) < 4.78 is 11.0. The van der Waals surface area contributed by atoms with Gasteiger partial charge in [-0.3, -0.25) is 0 Å². The van der Waals surface area contributed by atoms with Gasteiger partial charge in [0.1, 0.15) is 11.5 Å². The summed E-state index contributed by atoms with van der Waals surface area (Å²) in [5.41, 5.74) is 8.53. The first-order chi connectivity index (χ1) is 12.3. The Bertz CT molecular complexity index is 592. The summed E-state index contributed by atoms with van der Waals surface area (Å²) in [6.45, 7) is 3.65. The summed E-state index contributed by atoms with van der Waals surface area (Å²) in [7, 11) is 1.68. The highest BCUT2D eigenvalue weighted by molar-refractivity contribution is 5.32. The van der Waals surface area contributed by atoms with Gasteiger partial charge in [-0.15, -0.1) is 0 Å². The molecular weight excluding hydrogens is 310 g/mol. The topological polar surface area (TPSA) is 44.5 Å². The van der Waals surface area contributed by atoms with Crippen LogP contribution in [0.15, 0.2) is 48.5 Å². The van der Waals surface area contributed by atoms with Crippen LogP contribution in [0.1, 0.15) is 49.7 Å². The Balaban J connectivity index is 1.87. The maximum absolute atomic E-state index is 6.00. The van der Waals surface area contributed by atoms with Gasteiger partial charge in [0, 0.05) is 5.92 Å². The maximum atomic E-state index is 6.00. The van der Waals surface area contributed by atoms with Crippen molar-refractivity contribution in [1.29, 1.82) is 0 Å². The number of methoxy groups -OCH3 is 1. The molecule has 2 rings (SSSR count). The number of unbranched alkanes of at least 4 members (excludes halogenated alkanes) is 3. The van der Waals surface area contributed by atoms with Crippen LogP contribution in [0.5, 0.6) is 11.5 Å². The molecule has 0 amide bonds. The van der Waals surface area contributed by atoms with Crippen molar-refractivity contribution in [2.24, 2.45) is 5.73 Å². The van der Waals surface area contributed by atoms with E-state index in [1.165, 1.54) is 30.4 Å². The lowest BCUT2D eigenvalue weighted by Gasteiger charge is -2.16. The van der Waals surface area contributed by atoms with Crippen LogP contribution in [0, 0.1) is 0 Å². The minimum atomic E-state index is 0.312. The molecule has 0 aromatic heterocycles. The van der Waals surface area contributed by atoms with E-state index in [2.05, 4.69) is 43.3 Å². The van der Waals surface area contributed by atoms with Gasteiger partial charge in [0.05, 0.1) is 13.7 Å². The van der Waals surface area contributed by atoms with Crippen LogP contribution in [0.3, 0.4) is 0 Å². The Labute approximate surface area is 152 Å². The summed E-state index contributed by atoms with van der Waals surface area (Å²) >= 11 is 0. The quantitative estimate of drug-likeness (QED) is 0.589. The highest BCUT2D eigenvalue weighted by atomic mass is 16.5. The molecule has 1 atom stereocenters. The van der Waals surface area contributed by atoms with Crippen molar-refractivity contribution in [2.45, 2.75) is 44.9 Å². The Morgan fingerprint density at radius 3 is 2.16 bits per heavy atom. The molecule has 0 saturated carbocycles. The van der Waals surface area contributed by atoms with E-state index in [0.29, 0.717) is 12.5 Å². The van der Waals surface area contributed by atoms with Crippen LogP contribution in [-0.4, -0.2) is 20.3 Å². The van der Waals surface area contributed by atoms with Crippen LogP contribution in [0.25, 0.3) is 0 Å². The molecule has 1 unspecified atom stereocenters. The molecule has 0 aliphatic heterocycles. The zero-order valence-electron chi connectivity index (χ0n) is 15.5. The molecule has 0 bridgehead atoms. The van der Waals surface area contributed by atoms with Crippen molar-refractivity contribution in [2.75, 3.05) is 20.3 Å². The zero-order valence-corrected chi connectivity index (χ0v) is 15.5. The average Bonchev–Trinajstić information content (AvgIpc) is 2.67. The Hall–Kier alpha value is -2.00. The van der Waals surface area contributed by atoms with E-state index < -0.39 is 0 Å². The van der Waals surface area contributed by atoms with Crippen LogP contribution in [0.4, 0.5) is 0 Å². The largest absolute Gasteiger partial charge is 0.497 e. The van der Waals surface area contributed by atoms with Gasteiger partial charge in [0.15, 0.2) is 0 Å². The molecule has 136 valence electrons. The van der Waals surface area contributed by atoms with Gasteiger partial charge in [-0.1, -0.05) is 50.5 Å². The molecule has 25 heavy (non-hydrogen) atoms. The number of benzene rings is 2. The van der Waals surface area contributed by atoms with Crippen molar-refractivity contribution < 1.29 is 9.47 Å². The fraction of sp³-hybridized carbons (Fsp3) is 0.455. The van der Waals surface area contributed by atoms with Crippen molar-refractivity contribution in [1.82, 2.24) is 0 Å². The van der Waals surface area contributed by atoms with Crippen molar-refractivity contribution in [3.63, 3.8) is 0 Å². The predicted octanol–water partition coefficient (Wildman–Crippen LogP) is 4.94. The first kappa shape index (κ1) is 19.3. The van der Waals surface area contributed by atoms with E-state index >= 15 is 0 Å². The standard InChI is InChI=1S/C22H31NO2/c1-3-4-5-6-15-25-22-11-7-18(8-12-22)16-20(17-23)19-9-13-21(24-2)14-10-19/h7-14,20H,3-6,15-17,23H2,1-2H3. The number of hydrogen-bond donors (Lipinski definition) is 1. The van der Waals surface area contributed by atoms with Gasteiger partial charge in [-0.05, 0) is 54.8 Å². The van der Waals surface area contributed by atoms with Crippen molar-refractivity contribution >= 4 is 0 Å². The third-order valence-electron chi connectivity index (χ3n) is 4.54. The molecule has 2 aromatic rings. The van der Waals surface area contributed by atoms with E-state index in [1.54, 1.807) is 7.11 Å². The molecule has 0 aliphatic carbocycles. The normalized spacial score (nSPS) is 12.0. The molecule has 3 heteroatoms. The fourth-order valence-corrected chi connectivity index (χ4v) is 2.94. The minimum absolute atomic E-state index is 0.312. The van der Waals surface area contributed by atoms with E-state index in [9.17, 15) is 0 Å². The molecule has 2 N–H and O–H groups in total. The summed E-state index contributed by atoms with van der Waals surface area (Å²) in [6.07, 6.45) is 5.84. The second-order valence-electron chi connectivity index (χ2n) is 6.46. The predicted molar refractivity (Wildman–Crippen MR) is 105 cm³/mol. The number of hydrogen-bond acceptors (Lipinski definition) is 3. The minimum Gasteiger partial charge on any atom is -0.497 e. The van der Waals surface area contributed by atoms with Gasteiger partial charge in [0.25, 0.3) is 0 Å². The molecule has 0 fully saturated rings. The Morgan fingerprint density at radius 1 is 0.880 bits per heavy atom. The number of ether oxygens (including phenoxy) is 2. The number of nitrogens with two attached hydrogens (primary N) is 1. The first-order valence-corrected chi connectivity index (χ1v) is 9.32. The molecule has 0 radical (unpaired) electrons. The second kappa shape index (κ2) is 10.8. The van der Waals surface area contributed by atoms with Crippen LogP contribution in [0.2, 0.25) is 0 Å². The van der Waals surface area contributed by atoms with E-state index in [1.807, 2.05) is 12.1 Å². The van der Waals surface area contributed by atoms with Crippen LogP contribution in [-0.2, 0) is 6.42 Å². The summed E-state index contributed by atoms with van der Waals surface area (Å²) in [6, 6.07) is 16.6. The molecule has 0 aliphatic rings. The SMILES string of the molecule is CCCCCCOc1ccc(CC(CN)c2ccc(OC)cc2)cc1. The molecule has 2 aromatic carbocycles. The Kier molecular flexibility index (Phi) is 8.33. The van der Waals surface area contributed by atoms with Gasteiger partial charge < -0.3 is 15.2 Å². The van der Waals surface area contributed by atoms with E-state index in [-0.39, 0.29) is 0 Å². The maximum Gasteiger partial charge on any atom is 0.119 e. The lowest BCUT2D eigenvalue weighted by molar-refractivity contribution is 0.305. The average molecular weight is 341 g/mol. The van der Waals surface area contributed by atoms with Crippen LogP contribution < -0.4 is 15.2 Å². The van der Waals surface area contributed by atoms with Gasteiger partial charge in [0.2, 0.25) is 0 Å². The lowest BCUT2D eigenvalue weighted by atomic mass is 9.92. The Morgan fingerprint density at radius 2 is 1.56 bits per heavy atom. The third kappa shape index (κ3) is 6.43. The van der Waals surface area contributed by atoms with Gasteiger partial charge >= 0.3 is 0 Å².